The number of ether oxygens (including phenoxy) is 4. The maximum atomic E-state index is 13.8. The van der Waals surface area contributed by atoms with E-state index in [1.807, 2.05) is 24.3 Å². The third kappa shape index (κ3) is 4.17. The minimum absolute atomic E-state index is 0.121. The molecular weight excluding hydrogens is 536 g/mol. The van der Waals surface area contributed by atoms with Gasteiger partial charge in [-0.05, 0) is 55.8 Å². The first-order valence-electron chi connectivity index (χ1n) is 10.8. The Labute approximate surface area is 212 Å². The Morgan fingerprint density at radius 1 is 1.26 bits per heavy atom. The quantitative estimate of drug-likeness (QED) is 0.448. The Balaban J connectivity index is 1.74. The number of hydrogen-bond acceptors (Lipinski definition) is 8. The average molecular weight is 557 g/mol. The summed E-state index contributed by atoms with van der Waals surface area (Å²) in [6.07, 6.45) is 1.77. The molecule has 0 bridgehead atoms. The number of rotatable bonds is 5. The fourth-order valence-electron chi connectivity index (χ4n) is 4.15. The van der Waals surface area contributed by atoms with Gasteiger partial charge in [0.2, 0.25) is 6.79 Å². The summed E-state index contributed by atoms with van der Waals surface area (Å²) in [5, 5.41) is 0. The monoisotopic (exact) mass is 556 g/mol. The van der Waals surface area contributed by atoms with Gasteiger partial charge in [-0.1, -0.05) is 33.3 Å². The van der Waals surface area contributed by atoms with Crippen LogP contribution in [0.1, 0.15) is 31.0 Å². The molecule has 0 unspecified atom stereocenters. The zero-order valence-corrected chi connectivity index (χ0v) is 21.6. The topological polar surface area (TPSA) is 88.4 Å². The van der Waals surface area contributed by atoms with Crippen LogP contribution in [-0.2, 0) is 9.53 Å². The lowest BCUT2D eigenvalue weighted by Crippen LogP contribution is -2.39. The molecule has 0 amide bonds. The minimum Gasteiger partial charge on any atom is -0.496 e. The zero-order valence-electron chi connectivity index (χ0n) is 19.2. The number of esters is 1. The summed E-state index contributed by atoms with van der Waals surface area (Å²) < 4.78 is 24.7. The molecule has 1 atom stereocenters. The summed E-state index contributed by atoms with van der Waals surface area (Å²) in [4.78, 5) is 31.9. The van der Waals surface area contributed by atoms with Crippen LogP contribution in [-0.4, -0.2) is 31.0 Å². The van der Waals surface area contributed by atoms with Crippen molar-refractivity contribution in [1.29, 1.82) is 0 Å². The Hall–Kier alpha value is -3.37. The largest absolute Gasteiger partial charge is 0.496 e. The maximum Gasteiger partial charge on any atom is 0.338 e. The Bertz CT molecular complexity index is 1550. The molecule has 2 aliphatic heterocycles. The molecule has 0 N–H and O–H groups in total. The van der Waals surface area contributed by atoms with Crippen molar-refractivity contribution in [2.24, 2.45) is 4.99 Å². The second-order valence-corrected chi connectivity index (χ2v) is 9.73. The van der Waals surface area contributed by atoms with E-state index in [1.54, 1.807) is 39.2 Å². The van der Waals surface area contributed by atoms with Gasteiger partial charge in [-0.2, -0.15) is 0 Å². The number of nitrogens with zero attached hydrogens (tertiary/aromatic N) is 2. The molecule has 10 heteroatoms. The van der Waals surface area contributed by atoms with Crippen LogP contribution in [0, 0.1) is 0 Å². The number of benzene rings is 2. The SMILES string of the molecule is CCOC(=O)C1=C(C)N=c2sc(=Cc3cc(Br)ccc3OC)c(=O)n2[C@H]1c1ccc2c(c1)OCO2. The molecule has 3 aromatic rings. The van der Waals surface area contributed by atoms with E-state index < -0.39 is 12.0 Å². The lowest BCUT2D eigenvalue weighted by Gasteiger charge is -2.24. The van der Waals surface area contributed by atoms with Gasteiger partial charge >= 0.3 is 5.97 Å². The standard InChI is InChI=1S/C25H21BrN2O6S/c1-4-32-24(30)21-13(2)27-25-28(22(21)14-5-7-18-19(10-14)34-12-33-18)23(29)20(35-25)11-15-9-16(26)6-8-17(15)31-3/h5-11,22H,4,12H2,1-3H3/t22-/m0/s1. The molecule has 8 nitrogen and oxygen atoms in total. The number of fused-ring (bicyclic) bond motifs is 2. The lowest BCUT2D eigenvalue weighted by molar-refractivity contribution is -0.139. The summed E-state index contributed by atoms with van der Waals surface area (Å²) in [5.41, 5.74) is 1.98. The van der Waals surface area contributed by atoms with Gasteiger partial charge in [0.15, 0.2) is 16.3 Å². The highest BCUT2D eigenvalue weighted by Gasteiger charge is 2.34. The summed E-state index contributed by atoms with van der Waals surface area (Å²) in [6.45, 7) is 3.82. The fraction of sp³-hybridized carbons (Fsp3) is 0.240. The van der Waals surface area contributed by atoms with E-state index in [9.17, 15) is 9.59 Å². The van der Waals surface area contributed by atoms with Crippen molar-refractivity contribution >= 4 is 39.3 Å². The Kier molecular flexibility index (Phi) is 6.24. The van der Waals surface area contributed by atoms with E-state index in [-0.39, 0.29) is 19.0 Å². The average Bonchev–Trinajstić information content (AvgIpc) is 3.42. The molecule has 35 heavy (non-hydrogen) atoms. The first-order valence-corrected chi connectivity index (χ1v) is 12.4. The van der Waals surface area contributed by atoms with Crippen LogP contribution in [0.5, 0.6) is 17.2 Å². The van der Waals surface area contributed by atoms with Crippen LogP contribution in [0.25, 0.3) is 6.08 Å². The number of aromatic nitrogens is 1. The van der Waals surface area contributed by atoms with Gasteiger partial charge < -0.3 is 18.9 Å². The van der Waals surface area contributed by atoms with Gasteiger partial charge in [0.25, 0.3) is 5.56 Å². The molecule has 0 saturated carbocycles. The smallest absolute Gasteiger partial charge is 0.338 e. The Morgan fingerprint density at radius 3 is 2.83 bits per heavy atom. The maximum absolute atomic E-state index is 13.8. The van der Waals surface area contributed by atoms with Crippen LogP contribution in [0.3, 0.4) is 0 Å². The molecule has 2 aliphatic rings. The van der Waals surface area contributed by atoms with Crippen molar-refractivity contribution in [3.8, 4) is 17.2 Å². The second kappa shape index (κ2) is 9.35. The third-order valence-corrected chi connectivity index (χ3v) is 7.18. The van der Waals surface area contributed by atoms with Crippen LogP contribution < -0.4 is 29.1 Å². The van der Waals surface area contributed by atoms with Crippen molar-refractivity contribution in [2.75, 3.05) is 20.5 Å². The number of thiazole rings is 1. The first kappa shape index (κ1) is 23.4. The minimum atomic E-state index is -0.730. The second-order valence-electron chi connectivity index (χ2n) is 7.80. The highest BCUT2D eigenvalue weighted by Crippen LogP contribution is 2.38. The van der Waals surface area contributed by atoms with Crippen molar-refractivity contribution < 1.29 is 23.7 Å². The van der Waals surface area contributed by atoms with E-state index in [1.165, 1.54) is 15.9 Å². The number of allylic oxidation sites excluding steroid dienone is 1. The van der Waals surface area contributed by atoms with E-state index >= 15 is 0 Å². The molecule has 5 rings (SSSR count). The van der Waals surface area contributed by atoms with E-state index in [4.69, 9.17) is 18.9 Å². The van der Waals surface area contributed by atoms with Crippen LogP contribution in [0.15, 0.2) is 61.9 Å². The van der Waals surface area contributed by atoms with Gasteiger partial charge in [0.1, 0.15) is 5.75 Å². The number of hydrogen-bond donors (Lipinski definition) is 0. The zero-order chi connectivity index (χ0) is 24.7. The summed E-state index contributed by atoms with van der Waals surface area (Å²) in [5.74, 6) is 1.29. The number of methoxy groups -OCH3 is 1. The van der Waals surface area contributed by atoms with Crippen molar-refractivity contribution in [1.82, 2.24) is 4.57 Å². The number of halogens is 1. The molecule has 1 aromatic heterocycles. The molecule has 0 spiro atoms. The summed E-state index contributed by atoms with van der Waals surface area (Å²) >= 11 is 4.72. The van der Waals surface area contributed by atoms with E-state index in [0.717, 1.165) is 10.0 Å². The highest BCUT2D eigenvalue weighted by atomic mass is 79.9. The van der Waals surface area contributed by atoms with E-state index in [0.29, 0.717) is 43.4 Å². The molecule has 0 radical (unpaired) electrons. The summed E-state index contributed by atoms with van der Waals surface area (Å²) in [6, 6.07) is 10.2. The summed E-state index contributed by atoms with van der Waals surface area (Å²) in [7, 11) is 1.58. The molecular formula is C25H21BrN2O6S. The van der Waals surface area contributed by atoms with Crippen LogP contribution in [0.2, 0.25) is 0 Å². The van der Waals surface area contributed by atoms with Gasteiger partial charge in [-0.3, -0.25) is 9.36 Å². The van der Waals surface area contributed by atoms with Gasteiger partial charge in [-0.15, -0.1) is 0 Å². The van der Waals surface area contributed by atoms with Crippen molar-refractivity contribution in [2.45, 2.75) is 19.9 Å². The van der Waals surface area contributed by atoms with Gasteiger partial charge in [0, 0.05) is 10.0 Å². The normalized spacial score (nSPS) is 16.7. The van der Waals surface area contributed by atoms with Gasteiger partial charge in [0.05, 0.1) is 35.6 Å². The van der Waals surface area contributed by atoms with Crippen LogP contribution >= 0.6 is 27.3 Å². The molecule has 2 aromatic carbocycles. The lowest BCUT2D eigenvalue weighted by atomic mass is 9.95. The molecule has 3 heterocycles. The predicted molar refractivity (Wildman–Crippen MR) is 134 cm³/mol. The predicted octanol–water partition coefficient (Wildman–Crippen LogP) is 3.30. The number of carbonyl (C=O) groups is 1. The fourth-order valence-corrected chi connectivity index (χ4v) is 5.57. The Morgan fingerprint density at radius 2 is 2.06 bits per heavy atom. The first-order chi connectivity index (χ1) is 16.9. The van der Waals surface area contributed by atoms with Crippen LogP contribution in [0.4, 0.5) is 0 Å². The van der Waals surface area contributed by atoms with Crippen molar-refractivity contribution in [3.05, 3.63) is 83.0 Å². The molecule has 0 fully saturated rings. The molecule has 180 valence electrons. The van der Waals surface area contributed by atoms with Crippen molar-refractivity contribution in [3.63, 3.8) is 0 Å². The van der Waals surface area contributed by atoms with E-state index in [2.05, 4.69) is 20.9 Å². The third-order valence-electron chi connectivity index (χ3n) is 5.71. The van der Waals surface area contributed by atoms with Gasteiger partial charge in [-0.25, -0.2) is 9.79 Å². The molecule has 0 aliphatic carbocycles. The highest BCUT2D eigenvalue weighted by molar-refractivity contribution is 9.10. The number of carbonyl (C=O) groups excluding carboxylic acids is 1. The molecule has 0 saturated heterocycles.